The van der Waals surface area contributed by atoms with Gasteiger partial charge in [0, 0.05) is 34.6 Å². The Morgan fingerprint density at radius 3 is 2.46 bits per heavy atom. The fourth-order valence-corrected chi connectivity index (χ4v) is 4.57. The van der Waals surface area contributed by atoms with Crippen molar-refractivity contribution >= 4 is 23.4 Å². The second kappa shape index (κ2) is 8.75. The molecule has 1 amide bonds. The van der Waals surface area contributed by atoms with E-state index in [9.17, 15) is 18.0 Å². The van der Waals surface area contributed by atoms with Crippen molar-refractivity contribution in [2.75, 3.05) is 15.5 Å². The first-order valence-electron chi connectivity index (χ1n) is 11.2. The number of nitrogens with zero attached hydrogens (tertiary/aromatic N) is 6. The summed E-state index contributed by atoms with van der Waals surface area (Å²) in [6, 6.07) is 5.66. The molecule has 0 aromatic carbocycles. The number of aryl methyl sites for hydroxylation is 2. The Morgan fingerprint density at radius 1 is 1.03 bits per heavy atom. The van der Waals surface area contributed by atoms with Crippen molar-refractivity contribution in [2.45, 2.75) is 57.9 Å². The van der Waals surface area contributed by atoms with Gasteiger partial charge in [0.05, 0.1) is 24.6 Å². The highest BCUT2D eigenvalue weighted by atomic mass is 19.4. The zero-order chi connectivity index (χ0) is 24.7. The van der Waals surface area contributed by atoms with E-state index >= 15 is 0 Å². The lowest BCUT2D eigenvalue weighted by Gasteiger charge is -2.18. The van der Waals surface area contributed by atoms with E-state index in [2.05, 4.69) is 35.8 Å². The largest absolute Gasteiger partial charge is 0.436 e. The molecule has 12 heteroatoms. The third kappa shape index (κ3) is 4.73. The van der Waals surface area contributed by atoms with Gasteiger partial charge in [-0.1, -0.05) is 0 Å². The Labute approximate surface area is 199 Å². The minimum atomic E-state index is -4.56. The predicted molar refractivity (Wildman–Crippen MR) is 122 cm³/mol. The highest BCUT2D eigenvalue weighted by Gasteiger charge is 2.34. The van der Waals surface area contributed by atoms with Crippen LogP contribution in [0.2, 0.25) is 0 Å². The molecule has 0 unspecified atom stereocenters. The average molecular weight is 484 g/mol. The summed E-state index contributed by atoms with van der Waals surface area (Å²) < 4.78 is 37.8. The molecule has 4 heterocycles. The summed E-state index contributed by atoms with van der Waals surface area (Å²) >= 11 is 0. The van der Waals surface area contributed by atoms with Crippen LogP contribution in [0.1, 0.15) is 52.3 Å². The lowest BCUT2D eigenvalue weighted by atomic mass is 10.1. The molecule has 2 aliphatic rings. The Balaban J connectivity index is 1.17. The maximum atomic E-state index is 12.9. The molecule has 0 spiro atoms. The van der Waals surface area contributed by atoms with Crippen LogP contribution in [-0.2, 0) is 12.7 Å². The molecule has 3 aromatic rings. The van der Waals surface area contributed by atoms with Crippen LogP contribution in [0.3, 0.4) is 0 Å². The van der Waals surface area contributed by atoms with Crippen LogP contribution in [-0.4, -0.2) is 43.1 Å². The van der Waals surface area contributed by atoms with Gasteiger partial charge in [-0.3, -0.25) is 9.78 Å². The number of hydrogen-bond donors (Lipinski definition) is 2. The third-order valence-corrected chi connectivity index (χ3v) is 6.28. The molecule has 2 atom stereocenters. The van der Waals surface area contributed by atoms with Gasteiger partial charge in [0.1, 0.15) is 5.82 Å². The number of carbonyl (C=O) groups is 1. The van der Waals surface area contributed by atoms with Crippen molar-refractivity contribution in [3.63, 3.8) is 0 Å². The molecule has 1 aliphatic carbocycles. The van der Waals surface area contributed by atoms with Crippen LogP contribution in [0.25, 0.3) is 0 Å². The monoisotopic (exact) mass is 484 g/mol. The minimum absolute atomic E-state index is 0.00587. The molecule has 3 aromatic heterocycles. The second-order valence-electron chi connectivity index (χ2n) is 8.83. The van der Waals surface area contributed by atoms with Gasteiger partial charge in [-0.05, 0) is 51.3 Å². The molecule has 2 N–H and O–H groups in total. The molecule has 9 nitrogen and oxygen atoms in total. The van der Waals surface area contributed by atoms with E-state index in [1.165, 1.54) is 0 Å². The number of halogens is 3. The first-order chi connectivity index (χ1) is 16.7. The van der Waals surface area contributed by atoms with Gasteiger partial charge in [-0.2, -0.15) is 13.2 Å². The van der Waals surface area contributed by atoms with Gasteiger partial charge < -0.3 is 15.5 Å². The number of anilines is 3. The van der Waals surface area contributed by atoms with Gasteiger partial charge in [-0.25, -0.2) is 9.97 Å². The molecular formula is C23H23F3N8O. The van der Waals surface area contributed by atoms with Crippen LogP contribution in [0.5, 0.6) is 0 Å². The second-order valence-corrected chi connectivity index (χ2v) is 8.83. The maximum absolute atomic E-state index is 12.9. The summed E-state index contributed by atoms with van der Waals surface area (Å²) in [5, 5.41) is 13.1. The SMILES string of the molecule is Cc1cc2c(c(C)n1)CN(c1ccc(N[C@H]3CC[C@H](Nc4ncc(C(F)(F)F)nn4)C3)nc1)C2=O. The van der Waals surface area contributed by atoms with Crippen LogP contribution in [0, 0.1) is 13.8 Å². The van der Waals surface area contributed by atoms with Crippen molar-refractivity contribution in [3.05, 3.63) is 58.8 Å². The predicted octanol–water partition coefficient (Wildman–Crippen LogP) is 3.90. The summed E-state index contributed by atoms with van der Waals surface area (Å²) in [4.78, 5) is 27.3. The topological polar surface area (TPSA) is 109 Å². The normalized spacial score (nSPS) is 19.7. The number of nitrogens with one attached hydrogen (secondary N) is 2. The summed E-state index contributed by atoms with van der Waals surface area (Å²) in [6.45, 7) is 4.26. The summed E-state index contributed by atoms with van der Waals surface area (Å²) in [7, 11) is 0. The number of alkyl halides is 3. The van der Waals surface area contributed by atoms with Gasteiger partial charge in [0.15, 0.2) is 5.69 Å². The van der Waals surface area contributed by atoms with Crippen LogP contribution >= 0.6 is 0 Å². The fraction of sp³-hybridized carbons (Fsp3) is 0.391. The number of hydrogen-bond acceptors (Lipinski definition) is 8. The van der Waals surface area contributed by atoms with Gasteiger partial charge in [0.2, 0.25) is 5.95 Å². The molecule has 0 saturated heterocycles. The summed E-state index contributed by atoms with van der Waals surface area (Å²) in [5.41, 5.74) is 2.91. The molecule has 1 saturated carbocycles. The molecule has 0 bridgehead atoms. The molecule has 1 aliphatic heterocycles. The Bertz CT molecular complexity index is 1250. The Hall–Kier alpha value is -3.83. The lowest BCUT2D eigenvalue weighted by molar-refractivity contribution is -0.142. The Morgan fingerprint density at radius 2 is 1.80 bits per heavy atom. The van der Waals surface area contributed by atoms with E-state index in [4.69, 9.17) is 0 Å². The minimum Gasteiger partial charge on any atom is -0.367 e. The first-order valence-corrected chi connectivity index (χ1v) is 11.2. The number of aromatic nitrogens is 5. The van der Waals surface area contributed by atoms with Crippen LogP contribution in [0.4, 0.5) is 30.6 Å². The highest BCUT2D eigenvalue weighted by molar-refractivity contribution is 6.10. The van der Waals surface area contributed by atoms with Gasteiger partial charge in [0.25, 0.3) is 5.91 Å². The number of amides is 1. The highest BCUT2D eigenvalue weighted by Crippen LogP contribution is 2.31. The molecule has 182 valence electrons. The van der Waals surface area contributed by atoms with E-state index in [-0.39, 0.29) is 23.9 Å². The summed E-state index contributed by atoms with van der Waals surface area (Å²) in [6.07, 6.45) is 0.153. The lowest BCUT2D eigenvalue weighted by Crippen LogP contribution is -2.24. The standard InChI is InChI=1S/C23H23F3N8O/c1-12-7-17-18(13(2)29-12)11-34(21(17)35)16-5-6-20(27-9-16)30-14-3-4-15(8-14)31-22-28-10-19(32-33-22)23(24,25)26/h5-7,9-10,14-15H,3-4,8,11H2,1-2H3,(H,27,30)(H,28,31,33)/t14-,15-/m0/s1. The number of pyridine rings is 2. The van der Waals surface area contributed by atoms with E-state index in [0.29, 0.717) is 29.8 Å². The van der Waals surface area contributed by atoms with Gasteiger partial charge >= 0.3 is 6.18 Å². The number of fused-ring (bicyclic) bond motifs is 1. The number of carbonyl (C=O) groups excluding carboxylic acids is 1. The zero-order valence-corrected chi connectivity index (χ0v) is 19.1. The van der Waals surface area contributed by atoms with Crippen molar-refractivity contribution < 1.29 is 18.0 Å². The van der Waals surface area contributed by atoms with E-state index in [1.807, 2.05) is 32.0 Å². The fourth-order valence-electron chi connectivity index (χ4n) is 4.57. The van der Waals surface area contributed by atoms with Crippen molar-refractivity contribution in [3.8, 4) is 0 Å². The van der Waals surface area contributed by atoms with E-state index < -0.39 is 11.9 Å². The molecule has 5 rings (SSSR count). The third-order valence-electron chi connectivity index (χ3n) is 6.28. The van der Waals surface area contributed by atoms with Crippen molar-refractivity contribution in [1.82, 2.24) is 25.1 Å². The molecule has 1 fully saturated rings. The van der Waals surface area contributed by atoms with Gasteiger partial charge in [-0.15, -0.1) is 10.2 Å². The number of rotatable bonds is 5. The molecule has 35 heavy (non-hydrogen) atoms. The van der Waals surface area contributed by atoms with Crippen LogP contribution < -0.4 is 15.5 Å². The maximum Gasteiger partial charge on any atom is 0.436 e. The Kier molecular flexibility index (Phi) is 5.73. The van der Waals surface area contributed by atoms with E-state index in [0.717, 1.165) is 36.2 Å². The summed E-state index contributed by atoms with van der Waals surface area (Å²) in [5.74, 6) is 0.702. The quantitative estimate of drug-likeness (QED) is 0.561. The first kappa shape index (κ1) is 22.9. The van der Waals surface area contributed by atoms with Crippen molar-refractivity contribution in [2.24, 2.45) is 0 Å². The van der Waals surface area contributed by atoms with Crippen LogP contribution in [0.15, 0.2) is 30.6 Å². The molecular weight excluding hydrogens is 461 g/mol. The zero-order valence-electron chi connectivity index (χ0n) is 19.1. The average Bonchev–Trinajstić information content (AvgIpc) is 3.38. The smallest absolute Gasteiger partial charge is 0.367 e. The molecule has 0 radical (unpaired) electrons. The van der Waals surface area contributed by atoms with E-state index in [1.54, 1.807) is 11.1 Å². The van der Waals surface area contributed by atoms with Crippen molar-refractivity contribution in [1.29, 1.82) is 0 Å².